The largest absolute Gasteiger partial charge is 0.311 e. The fourth-order valence-corrected chi connectivity index (χ4v) is 2.86. The first-order chi connectivity index (χ1) is 11.1. The number of aromatic amines is 1. The van der Waals surface area contributed by atoms with Crippen LogP contribution in [-0.2, 0) is 0 Å². The Balaban J connectivity index is 2.04. The number of H-pyrrole nitrogens is 1. The van der Waals surface area contributed by atoms with Crippen molar-refractivity contribution in [2.75, 3.05) is 0 Å². The summed E-state index contributed by atoms with van der Waals surface area (Å²) >= 11 is 0. The van der Waals surface area contributed by atoms with E-state index in [4.69, 9.17) is 0 Å². The van der Waals surface area contributed by atoms with Crippen molar-refractivity contribution in [1.29, 1.82) is 0 Å². The highest BCUT2D eigenvalue weighted by Crippen LogP contribution is 2.20. The van der Waals surface area contributed by atoms with Crippen molar-refractivity contribution in [3.63, 3.8) is 0 Å². The van der Waals surface area contributed by atoms with Gasteiger partial charge >= 0.3 is 0 Å². The molecule has 0 amide bonds. The summed E-state index contributed by atoms with van der Waals surface area (Å²) in [7, 11) is 0. The van der Waals surface area contributed by atoms with Crippen molar-refractivity contribution < 1.29 is 4.79 Å². The Kier molecular flexibility index (Phi) is 2.87. The van der Waals surface area contributed by atoms with Crippen LogP contribution in [0.25, 0.3) is 16.4 Å². The molecule has 1 aromatic carbocycles. The van der Waals surface area contributed by atoms with E-state index in [1.54, 1.807) is 41.8 Å². The summed E-state index contributed by atoms with van der Waals surface area (Å²) in [6.07, 6.45) is 1.74. The summed E-state index contributed by atoms with van der Waals surface area (Å²) in [5.41, 5.74) is 2.17. The molecule has 0 aliphatic rings. The molecule has 0 spiro atoms. The lowest BCUT2D eigenvalue weighted by Gasteiger charge is -2.05. The minimum atomic E-state index is -0.195. The normalized spacial score (nSPS) is 11.2. The number of aryl methyl sites for hydroxylation is 1. The van der Waals surface area contributed by atoms with Gasteiger partial charge in [-0.3, -0.25) is 9.59 Å². The van der Waals surface area contributed by atoms with Gasteiger partial charge < -0.3 is 9.38 Å². The SMILES string of the molecule is Cc1nc2cn3c(C(=O)c4ccccc4)cccc3c2c(=O)[nH]1. The molecule has 0 saturated carbocycles. The summed E-state index contributed by atoms with van der Waals surface area (Å²) in [6, 6.07) is 14.4. The molecule has 3 aromatic heterocycles. The number of benzene rings is 1. The van der Waals surface area contributed by atoms with Crippen LogP contribution in [-0.4, -0.2) is 20.2 Å². The minimum Gasteiger partial charge on any atom is -0.311 e. The number of rotatable bonds is 2. The highest BCUT2D eigenvalue weighted by atomic mass is 16.1. The molecule has 0 unspecified atom stereocenters. The average Bonchev–Trinajstić information content (AvgIpc) is 2.93. The molecular formula is C18H13N3O2. The number of ketones is 1. The monoisotopic (exact) mass is 303 g/mol. The lowest BCUT2D eigenvalue weighted by Crippen LogP contribution is -2.09. The van der Waals surface area contributed by atoms with Crippen LogP contribution in [0, 0.1) is 6.92 Å². The van der Waals surface area contributed by atoms with Gasteiger partial charge in [0.2, 0.25) is 5.78 Å². The highest BCUT2D eigenvalue weighted by Gasteiger charge is 2.16. The van der Waals surface area contributed by atoms with E-state index in [2.05, 4.69) is 9.97 Å². The molecule has 5 nitrogen and oxygen atoms in total. The van der Waals surface area contributed by atoms with E-state index in [1.165, 1.54) is 0 Å². The molecule has 5 heteroatoms. The van der Waals surface area contributed by atoms with E-state index in [0.717, 1.165) is 0 Å². The maximum Gasteiger partial charge on any atom is 0.260 e. The molecule has 4 aromatic rings. The van der Waals surface area contributed by atoms with Crippen molar-refractivity contribution in [3.05, 3.63) is 82.2 Å². The van der Waals surface area contributed by atoms with Crippen LogP contribution in [0.2, 0.25) is 0 Å². The smallest absolute Gasteiger partial charge is 0.260 e. The third kappa shape index (κ3) is 2.05. The number of hydrogen-bond donors (Lipinski definition) is 1. The lowest BCUT2D eigenvalue weighted by molar-refractivity contribution is 0.103. The Morgan fingerprint density at radius 2 is 1.87 bits per heavy atom. The van der Waals surface area contributed by atoms with Gasteiger partial charge in [-0.25, -0.2) is 4.98 Å². The maximum absolute atomic E-state index is 12.8. The third-order valence-corrected chi connectivity index (χ3v) is 3.87. The molecule has 0 radical (unpaired) electrons. The fourth-order valence-electron chi connectivity index (χ4n) is 2.86. The first-order valence-electron chi connectivity index (χ1n) is 7.25. The molecule has 1 N–H and O–H groups in total. The second-order valence-corrected chi connectivity index (χ2v) is 5.40. The number of hydrogen-bond acceptors (Lipinski definition) is 3. The average molecular weight is 303 g/mol. The Labute approximate surface area is 131 Å². The number of aromatic nitrogens is 3. The Bertz CT molecular complexity index is 1110. The van der Waals surface area contributed by atoms with Crippen LogP contribution in [0.4, 0.5) is 0 Å². The standard InChI is InChI=1S/C18H13N3O2/c1-11-19-13-10-21-14(16(13)18(23)20-11)8-5-9-15(21)17(22)12-6-3-2-4-7-12/h2-10H,1H3,(H,19,20,23). The van der Waals surface area contributed by atoms with Gasteiger partial charge in [0.05, 0.1) is 22.1 Å². The summed E-state index contributed by atoms with van der Waals surface area (Å²) in [5, 5.41) is 0.498. The van der Waals surface area contributed by atoms with Gasteiger partial charge in [0.1, 0.15) is 5.82 Å². The number of pyridine rings is 1. The van der Waals surface area contributed by atoms with E-state index in [9.17, 15) is 9.59 Å². The number of carbonyl (C=O) groups excluding carboxylic acids is 1. The van der Waals surface area contributed by atoms with Crippen LogP contribution < -0.4 is 5.56 Å². The van der Waals surface area contributed by atoms with E-state index in [0.29, 0.717) is 33.5 Å². The van der Waals surface area contributed by atoms with Crippen molar-refractivity contribution in [2.45, 2.75) is 6.92 Å². The zero-order valence-corrected chi connectivity index (χ0v) is 12.4. The third-order valence-electron chi connectivity index (χ3n) is 3.87. The fraction of sp³-hybridized carbons (Fsp3) is 0.0556. The lowest BCUT2D eigenvalue weighted by atomic mass is 10.1. The summed E-state index contributed by atoms with van der Waals surface area (Å²) < 4.78 is 1.74. The van der Waals surface area contributed by atoms with Crippen molar-refractivity contribution in [1.82, 2.24) is 14.4 Å². The molecule has 0 atom stereocenters. The zero-order chi connectivity index (χ0) is 16.0. The van der Waals surface area contributed by atoms with Crippen LogP contribution >= 0.6 is 0 Å². The van der Waals surface area contributed by atoms with Crippen LogP contribution in [0.15, 0.2) is 59.5 Å². The molecule has 3 heterocycles. The van der Waals surface area contributed by atoms with Gasteiger partial charge in [-0.05, 0) is 19.1 Å². The predicted octanol–water partition coefficient (Wildman–Crippen LogP) is 2.72. The second kappa shape index (κ2) is 4.91. The van der Waals surface area contributed by atoms with Crippen LogP contribution in [0.3, 0.4) is 0 Å². The number of nitrogens with one attached hydrogen (secondary N) is 1. The molecule has 0 aliphatic carbocycles. The van der Waals surface area contributed by atoms with Gasteiger partial charge in [0.25, 0.3) is 5.56 Å². The van der Waals surface area contributed by atoms with Gasteiger partial charge in [0, 0.05) is 11.8 Å². The van der Waals surface area contributed by atoms with E-state index in [-0.39, 0.29) is 11.3 Å². The predicted molar refractivity (Wildman–Crippen MR) is 87.9 cm³/mol. The first kappa shape index (κ1) is 13.5. The topological polar surface area (TPSA) is 67.2 Å². The molecule has 0 aliphatic heterocycles. The highest BCUT2D eigenvalue weighted by molar-refractivity contribution is 6.09. The summed E-state index contributed by atoms with van der Waals surface area (Å²) in [6.45, 7) is 1.74. The van der Waals surface area contributed by atoms with Gasteiger partial charge in [-0.1, -0.05) is 36.4 Å². The quantitative estimate of drug-likeness (QED) is 0.579. The van der Waals surface area contributed by atoms with Crippen LogP contribution in [0.1, 0.15) is 21.9 Å². The summed E-state index contributed by atoms with van der Waals surface area (Å²) in [4.78, 5) is 32.1. The number of nitrogens with zero attached hydrogens (tertiary/aromatic N) is 2. The molecule has 0 saturated heterocycles. The Hall–Kier alpha value is -3.21. The van der Waals surface area contributed by atoms with Gasteiger partial charge in [0.15, 0.2) is 0 Å². The minimum absolute atomic E-state index is 0.0929. The zero-order valence-electron chi connectivity index (χ0n) is 12.4. The molecule has 0 bridgehead atoms. The van der Waals surface area contributed by atoms with E-state index in [1.807, 2.05) is 24.3 Å². The maximum atomic E-state index is 12.8. The van der Waals surface area contributed by atoms with E-state index < -0.39 is 0 Å². The summed E-state index contributed by atoms with van der Waals surface area (Å²) in [5.74, 6) is 0.457. The Morgan fingerprint density at radius 1 is 1.09 bits per heavy atom. The van der Waals surface area contributed by atoms with E-state index >= 15 is 0 Å². The second-order valence-electron chi connectivity index (χ2n) is 5.40. The van der Waals surface area contributed by atoms with Crippen molar-refractivity contribution in [3.8, 4) is 0 Å². The molecule has 0 fully saturated rings. The molecule has 23 heavy (non-hydrogen) atoms. The van der Waals surface area contributed by atoms with Crippen molar-refractivity contribution in [2.24, 2.45) is 0 Å². The molecule has 112 valence electrons. The first-order valence-corrected chi connectivity index (χ1v) is 7.25. The molecule has 4 rings (SSSR count). The van der Waals surface area contributed by atoms with Gasteiger partial charge in [-0.15, -0.1) is 0 Å². The number of fused-ring (bicyclic) bond motifs is 3. The van der Waals surface area contributed by atoms with Crippen LogP contribution in [0.5, 0.6) is 0 Å². The molecular weight excluding hydrogens is 290 g/mol. The Morgan fingerprint density at radius 3 is 2.65 bits per heavy atom. The van der Waals surface area contributed by atoms with Crippen molar-refractivity contribution >= 4 is 22.2 Å². The number of carbonyl (C=O) groups is 1. The van der Waals surface area contributed by atoms with Gasteiger partial charge in [-0.2, -0.15) is 0 Å².